The number of aromatic amines is 1. The second kappa shape index (κ2) is 5.42. The number of halogens is 2. The SMILES string of the molecule is O=c1cc(C2CCNC(c3ccc(F)cc3Cl)C2)o[nH]1. The molecule has 20 heavy (non-hydrogen) atoms. The molecule has 1 aliphatic rings. The van der Waals surface area contributed by atoms with Gasteiger partial charge in [0, 0.05) is 23.0 Å². The van der Waals surface area contributed by atoms with Crippen LogP contribution in [0.25, 0.3) is 0 Å². The van der Waals surface area contributed by atoms with Crippen molar-refractivity contribution in [3.63, 3.8) is 0 Å². The minimum absolute atomic E-state index is 0.0297. The van der Waals surface area contributed by atoms with Gasteiger partial charge in [0.15, 0.2) is 0 Å². The van der Waals surface area contributed by atoms with Crippen molar-refractivity contribution in [3.8, 4) is 0 Å². The number of benzene rings is 1. The van der Waals surface area contributed by atoms with Crippen molar-refractivity contribution >= 4 is 11.6 Å². The Hall–Kier alpha value is -1.59. The lowest BCUT2D eigenvalue weighted by Crippen LogP contribution is -2.31. The highest BCUT2D eigenvalue weighted by Crippen LogP contribution is 2.36. The first-order chi connectivity index (χ1) is 9.63. The zero-order valence-electron chi connectivity index (χ0n) is 10.7. The highest BCUT2D eigenvalue weighted by molar-refractivity contribution is 6.31. The van der Waals surface area contributed by atoms with Crippen LogP contribution in [0.5, 0.6) is 0 Å². The Kier molecular flexibility index (Phi) is 3.63. The molecule has 1 saturated heterocycles. The van der Waals surface area contributed by atoms with E-state index >= 15 is 0 Å². The second-order valence-electron chi connectivity index (χ2n) is 5.01. The van der Waals surface area contributed by atoms with Gasteiger partial charge in [0.05, 0.1) is 0 Å². The van der Waals surface area contributed by atoms with Crippen LogP contribution >= 0.6 is 11.6 Å². The fourth-order valence-corrected chi connectivity index (χ4v) is 2.99. The monoisotopic (exact) mass is 296 g/mol. The summed E-state index contributed by atoms with van der Waals surface area (Å²) in [6.07, 6.45) is 1.64. The molecule has 2 unspecified atom stereocenters. The molecule has 0 radical (unpaired) electrons. The van der Waals surface area contributed by atoms with Crippen LogP contribution in [-0.2, 0) is 0 Å². The molecule has 0 aliphatic carbocycles. The van der Waals surface area contributed by atoms with Gasteiger partial charge in [-0.25, -0.2) is 4.39 Å². The molecular weight excluding hydrogens is 283 g/mol. The first-order valence-electron chi connectivity index (χ1n) is 6.50. The van der Waals surface area contributed by atoms with Crippen molar-refractivity contribution in [2.24, 2.45) is 0 Å². The molecule has 6 heteroatoms. The Morgan fingerprint density at radius 2 is 2.20 bits per heavy atom. The minimum atomic E-state index is -0.345. The van der Waals surface area contributed by atoms with E-state index in [4.69, 9.17) is 16.1 Å². The zero-order valence-corrected chi connectivity index (χ0v) is 11.4. The van der Waals surface area contributed by atoms with Crippen LogP contribution in [0, 0.1) is 5.82 Å². The van der Waals surface area contributed by atoms with E-state index in [-0.39, 0.29) is 23.3 Å². The summed E-state index contributed by atoms with van der Waals surface area (Å²) in [4.78, 5) is 11.1. The van der Waals surface area contributed by atoms with Gasteiger partial charge in [-0.2, -0.15) is 5.16 Å². The summed E-state index contributed by atoms with van der Waals surface area (Å²) < 4.78 is 18.3. The Morgan fingerprint density at radius 3 is 2.90 bits per heavy atom. The Balaban J connectivity index is 1.83. The third-order valence-corrected chi connectivity index (χ3v) is 4.01. The van der Waals surface area contributed by atoms with E-state index in [9.17, 15) is 9.18 Å². The zero-order chi connectivity index (χ0) is 14.1. The number of hydrogen-bond donors (Lipinski definition) is 2. The predicted octanol–water partition coefficient (Wildman–Crippen LogP) is 2.97. The van der Waals surface area contributed by atoms with E-state index < -0.39 is 0 Å². The van der Waals surface area contributed by atoms with E-state index in [1.807, 2.05) is 0 Å². The van der Waals surface area contributed by atoms with Crippen LogP contribution in [0.4, 0.5) is 4.39 Å². The van der Waals surface area contributed by atoms with Crippen LogP contribution in [0.2, 0.25) is 5.02 Å². The Morgan fingerprint density at radius 1 is 1.35 bits per heavy atom. The first kappa shape index (κ1) is 13.4. The van der Waals surface area contributed by atoms with E-state index in [0.29, 0.717) is 10.8 Å². The maximum absolute atomic E-state index is 13.1. The van der Waals surface area contributed by atoms with Crippen molar-refractivity contribution < 1.29 is 8.91 Å². The van der Waals surface area contributed by atoms with E-state index in [0.717, 1.165) is 24.9 Å². The molecule has 2 atom stereocenters. The molecule has 2 N–H and O–H groups in total. The third kappa shape index (κ3) is 2.64. The lowest BCUT2D eigenvalue weighted by molar-refractivity contribution is 0.295. The van der Waals surface area contributed by atoms with Crippen molar-refractivity contribution in [1.82, 2.24) is 10.5 Å². The van der Waals surface area contributed by atoms with Crippen LogP contribution < -0.4 is 10.9 Å². The van der Waals surface area contributed by atoms with Crippen LogP contribution in [0.1, 0.15) is 36.1 Å². The van der Waals surface area contributed by atoms with Gasteiger partial charge in [0.2, 0.25) is 0 Å². The Labute approximate surface area is 119 Å². The smallest absolute Gasteiger partial charge is 0.280 e. The maximum Gasteiger partial charge on any atom is 0.280 e. The summed E-state index contributed by atoms with van der Waals surface area (Å²) >= 11 is 6.10. The van der Waals surface area contributed by atoms with Crippen molar-refractivity contribution in [2.75, 3.05) is 6.54 Å². The molecule has 0 bridgehead atoms. The van der Waals surface area contributed by atoms with E-state index in [1.165, 1.54) is 18.2 Å². The molecule has 2 heterocycles. The molecule has 0 amide bonds. The quantitative estimate of drug-likeness (QED) is 0.896. The third-order valence-electron chi connectivity index (χ3n) is 3.69. The van der Waals surface area contributed by atoms with Gasteiger partial charge in [0.25, 0.3) is 5.56 Å². The van der Waals surface area contributed by atoms with Gasteiger partial charge in [-0.15, -0.1) is 0 Å². The minimum Gasteiger partial charge on any atom is -0.383 e. The fraction of sp³-hybridized carbons (Fsp3) is 0.357. The van der Waals surface area contributed by atoms with Crippen molar-refractivity contribution in [1.29, 1.82) is 0 Å². The molecule has 0 saturated carbocycles. The summed E-state index contributed by atoms with van der Waals surface area (Å²) in [5, 5.41) is 6.09. The van der Waals surface area contributed by atoms with E-state index in [2.05, 4.69) is 10.5 Å². The van der Waals surface area contributed by atoms with Gasteiger partial charge in [0.1, 0.15) is 11.6 Å². The van der Waals surface area contributed by atoms with Crippen LogP contribution in [-0.4, -0.2) is 11.7 Å². The summed E-state index contributed by atoms with van der Waals surface area (Å²) in [5.74, 6) is 0.476. The molecule has 3 rings (SSSR count). The van der Waals surface area contributed by atoms with E-state index in [1.54, 1.807) is 6.07 Å². The number of piperidine rings is 1. The lowest BCUT2D eigenvalue weighted by atomic mass is 9.87. The normalized spacial score (nSPS) is 22.9. The molecule has 0 spiro atoms. The van der Waals surface area contributed by atoms with Gasteiger partial charge in [-0.1, -0.05) is 17.7 Å². The molecular formula is C14H14ClFN2O2. The summed E-state index contributed by atoms with van der Waals surface area (Å²) in [6, 6.07) is 5.94. The number of aromatic nitrogens is 1. The molecule has 1 aromatic heterocycles. The summed E-state index contributed by atoms with van der Waals surface area (Å²) in [5.41, 5.74) is 0.644. The number of hydrogen-bond acceptors (Lipinski definition) is 3. The molecule has 2 aromatic rings. The standard InChI is InChI=1S/C14H14ClFN2O2/c15-11-6-9(16)1-2-10(11)12-5-8(3-4-17-12)13-7-14(19)18-20-13/h1-2,6-8,12,17H,3-5H2,(H,18,19). The Bertz CT molecular complexity index is 667. The molecule has 1 aromatic carbocycles. The molecule has 1 fully saturated rings. The average molecular weight is 297 g/mol. The second-order valence-corrected chi connectivity index (χ2v) is 5.42. The lowest BCUT2D eigenvalue weighted by Gasteiger charge is -2.29. The fourth-order valence-electron chi connectivity index (χ4n) is 2.70. The van der Waals surface area contributed by atoms with Gasteiger partial charge >= 0.3 is 0 Å². The highest BCUT2D eigenvalue weighted by atomic mass is 35.5. The van der Waals surface area contributed by atoms with Crippen molar-refractivity contribution in [3.05, 3.63) is 56.8 Å². The molecule has 4 nitrogen and oxygen atoms in total. The summed E-state index contributed by atoms with van der Waals surface area (Å²) in [7, 11) is 0. The van der Waals surface area contributed by atoms with Gasteiger partial charge in [-0.3, -0.25) is 4.79 Å². The average Bonchev–Trinajstić information content (AvgIpc) is 2.86. The van der Waals surface area contributed by atoms with Crippen LogP contribution in [0.15, 0.2) is 33.6 Å². The van der Waals surface area contributed by atoms with Gasteiger partial charge in [-0.05, 0) is 37.1 Å². The maximum atomic E-state index is 13.1. The molecule has 1 aliphatic heterocycles. The molecule has 106 valence electrons. The van der Waals surface area contributed by atoms with Gasteiger partial charge < -0.3 is 9.84 Å². The van der Waals surface area contributed by atoms with Crippen LogP contribution in [0.3, 0.4) is 0 Å². The first-order valence-corrected chi connectivity index (χ1v) is 6.88. The number of H-pyrrole nitrogens is 1. The highest BCUT2D eigenvalue weighted by Gasteiger charge is 2.27. The largest absolute Gasteiger partial charge is 0.383 e. The predicted molar refractivity (Wildman–Crippen MR) is 73.5 cm³/mol. The summed E-state index contributed by atoms with van der Waals surface area (Å²) in [6.45, 7) is 0.790. The van der Waals surface area contributed by atoms with Crippen molar-refractivity contribution in [2.45, 2.75) is 24.8 Å². The number of rotatable bonds is 2. The number of nitrogens with one attached hydrogen (secondary N) is 2. The topological polar surface area (TPSA) is 58.0 Å².